The van der Waals surface area contributed by atoms with Crippen molar-refractivity contribution in [3.05, 3.63) is 23.8 Å². The van der Waals surface area contributed by atoms with Gasteiger partial charge in [-0.05, 0) is 74.5 Å². The lowest BCUT2D eigenvalue weighted by atomic mass is 9.47. The van der Waals surface area contributed by atoms with Gasteiger partial charge in [0.2, 0.25) is 5.91 Å². The normalized spacial score (nSPS) is 31.1. The molecule has 2 atom stereocenters. The fourth-order valence-corrected chi connectivity index (χ4v) is 6.95. The van der Waals surface area contributed by atoms with E-state index in [4.69, 9.17) is 14.2 Å². The number of nitrogens with one attached hydrogen (secondary N) is 2. The van der Waals surface area contributed by atoms with Gasteiger partial charge in [-0.15, -0.1) is 0 Å². The zero-order chi connectivity index (χ0) is 23.1. The van der Waals surface area contributed by atoms with Gasteiger partial charge in [-0.2, -0.15) is 0 Å². The van der Waals surface area contributed by atoms with Crippen molar-refractivity contribution in [2.75, 3.05) is 26.4 Å². The van der Waals surface area contributed by atoms with Crippen LogP contribution in [0.1, 0.15) is 51.0 Å². The van der Waals surface area contributed by atoms with Crippen molar-refractivity contribution >= 4 is 17.8 Å². The number of amides is 2. The molecule has 1 heterocycles. The fourth-order valence-electron chi connectivity index (χ4n) is 6.95. The van der Waals surface area contributed by atoms with Crippen molar-refractivity contribution in [2.45, 2.75) is 57.4 Å². The van der Waals surface area contributed by atoms with Crippen molar-refractivity contribution in [2.24, 2.45) is 17.3 Å². The minimum Gasteiger partial charge on any atom is -0.486 e. The Balaban J connectivity index is 1.11. The molecule has 1 aromatic carbocycles. The molecule has 0 aromatic heterocycles. The monoisotopic (exact) mass is 456 g/mol. The van der Waals surface area contributed by atoms with E-state index >= 15 is 0 Å². The van der Waals surface area contributed by atoms with Gasteiger partial charge in [0.15, 0.2) is 18.1 Å². The third kappa shape index (κ3) is 4.52. The highest BCUT2D eigenvalue weighted by Crippen LogP contribution is 2.62. The molecule has 8 heteroatoms. The molecule has 5 aliphatic rings. The Labute approximate surface area is 193 Å². The lowest BCUT2D eigenvalue weighted by Gasteiger charge is -2.60. The Morgan fingerprint density at radius 3 is 2.52 bits per heavy atom. The molecule has 4 fully saturated rings. The van der Waals surface area contributed by atoms with Gasteiger partial charge in [-0.1, -0.05) is 6.07 Å². The number of carbonyl (C=O) groups excluding carboxylic acids is 3. The molecule has 4 aliphatic carbocycles. The van der Waals surface area contributed by atoms with Gasteiger partial charge in [-0.3, -0.25) is 14.4 Å². The number of rotatable bonds is 7. The molecule has 178 valence electrons. The van der Waals surface area contributed by atoms with Gasteiger partial charge < -0.3 is 24.8 Å². The molecule has 2 amide bonds. The van der Waals surface area contributed by atoms with Gasteiger partial charge in [-0.25, -0.2) is 0 Å². The maximum atomic E-state index is 13.1. The summed E-state index contributed by atoms with van der Waals surface area (Å²) in [6.45, 7) is 2.80. The summed E-state index contributed by atoms with van der Waals surface area (Å²) in [6.07, 6.45) is 5.87. The number of hydrogen-bond donors (Lipinski definition) is 2. The van der Waals surface area contributed by atoms with Crippen LogP contribution in [0.4, 0.5) is 0 Å². The summed E-state index contributed by atoms with van der Waals surface area (Å²) < 4.78 is 16.6. The van der Waals surface area contributed by atoms with Gasteiger partial charge >= 0.3 is 5.97 Å². The Morgan fingerprint density at radius 1 is 1.06 bits per heavy atom. The lowest BCUT2D eigenvalue weighted by Crippen LogP contribution is -2.64. The van der Waals surface area contributed by atoms with E-state index in [0.717, 1.165) is 49.2 Å². The molecule has 1 aliphatic heterocycles. The quantitative estimate of drug-likeness (QED) is 0.610. The van der Waals surface area contributed by atoms with E-state index in [2.05, 4.69) is 10.6 Å². The molecule has 4 bridgehead atoms. The molecular formula is C25H32N2O6. The van der Waals surface area contributed by atoms with Crippen LogP contribution in [0, 0.1) is 17.3 Å². The number of hydrogen-bond acceptors (Lipinski definition) is 6. The summed E-state index contributed by atoms with van der Waals surface area (Å²) in [7, 11) is 0. The number of benzene rings is 1. The van der Waals surface area contributed by atoms with E-state index in [-0.39, 0.29) is 29.9 Å². The second-order valence-electron chi connectivity index (χ2n) is 10.4. The second-order valence-corrected chi connectivity index (χ2v) is 10.4. The van der Waals surface area contributed by atoms with E-state index in [1.807, 2.05) is 18.2 Å². The third-order valence-electron chi connectivity index (χ3n) is 7.61. The fraction of sp³-hybridized carbons (Fsp3) is 0.640. The molecule has 2 unspecified atom stereocenters. The standard InChI is InChI=1S/C25H32N2O6/c1-16(28)27-25-12-18-8-19(13-25)11-24(10-18,15-25)23(30)33-14-22(29)26-5-4-17-2-3-20-21(9-17)32-7-6-31-20/h2-3,9,18-19H,4-8,10-15H2,1H3,(H,26,29)(H,27,28). The minimum absolute atomic E-state index is 0.0436. The molecular weight excluding hydrogens is 424 g/mol. The van der Waals surface area contributed by atoms with Crippen molar-refractivity contribution in [3.63, 3.8) is 0 Å². The van der Waals surface area contributed by atoms with E-state index in [1.165, 1.54) is 0 Å². The second kappa shape index (κ2) is 8.54. The van der Waals surface area contributed by atoms with E-state index in [1.54, 1.807) is 6.92 Å². The topological polar surface area (TPSA) is 103 Å². The Hall–Kier alpha value is -2.77. The molecule has 0 saturated heterocycles. The molecule has 2 N–H and O–H groups in total. The smallest absolute Gasteiger partial charge is 0.312 e. The third-order valence-corrected chi connectivity index (χ3v) is 7.61. The Kier molecular flexibility index (Phi) is 5.70. The summed E-state index contributed by atoms with van der Waals surface area (Å²) in [6, 6.07) is 5.77. The van der Waals surface area contributed by atoms with Crippen LogP contribution in [0.25, 0.3) is 0 Å². The van der Waals surface area contributed by atoms with Crippen LogP contribution in [0.3, 0.4) is 0 Å². The van der Waals surface area contributed by atoms with Crippen molar-refractivity contribution in [3.8, 4) is 11.5 Å². The molecule has 1 aromatic rings. The van der Waals surface area contributed by atoms with E-state index < -0.39 is 5.41 Å². The molecule has 6 rings (SSSR count). The number of carbonyl (C=O) groups is 3. The SMILES string of the molecule is CC(=O)NC12CC3CC(C1)CC(C(=O)OCC(=O)NCCc1ccc4c(c1)OCCO4)(C3)C2. The highest BCUT2D eigenvalue weighted by atomic mass is 16.6. The van der Waals surface area contributed by atoms with Crippen LogP contribution in [-0.4, -0.2) is 49.7 Å². The zero-order valence-corrected chi connectivity index (χ0v) is 19.1. The molecule has 0 spiro atoms. The largest absolute Gasteiger partial charge is 0.486 e. The number of esters is 1. The first-order chi connectivity index (χ1) is 15.8. The summed E-state index contributed by atoms with van der Waals surface area (Å²) in [5, 5.41) is 5.98. The van der Waals surface area contributed by atoms with Gasteiger partial charge in [0.05, 0.1) is 5.41 Å². The van der Waals surface area contributed by atoms with Crippen LogP contribution in [0.15, 0.2) is 18.2 Å². The predicted octanol–water partition coefficient (Wildman–Crippen LogP) is 2.13. The van der Waals surface area contributed by atoms with Crippen LogP contribution in [0.5, 0.6) is 11.5 Å². The van der Waals surface area contributed by atoms with Crippen LogP contribution < -0.4 is 20.1 Å². The number of ether oxygens (including phenoxy) is 3. The van der Waals surface area contributed by atoms with Gasteiger partial charge in [0.25, 0.3) is 5.91 Å². The maximum absolute atomic E-state index is 13.1. The molecule has 0 radical (unpaired) electrons. The molecule has 33 heavy (non-hydrogen) atoms. The first kappa shape index (κ1) is 22.0. The molecule has 8 nitrogen and oxygen atoms in total. The van der Waals surface area contributed by atoms with Crippen molar-refractivity contribution < 1.29 is 28.6 Å². The maximum Gasteiger partial charge on any atom is 0.312 e. The number of fused-ring (bicyclic) bond motifs is 1. The van der Waals surface area contributed by atoms with Gasteiger partial charge in [0, 0.05) is 19.0 Å². The summed E-state index contributed by atoms with van der Waals surface area (Å²) >= 11 is 0. The summed E-state index contributed by atoms with van der Waals surface area (Å²) in [4.78, 5) is 37.2. The van der Waals surface area contributed by atoms with Crippen LogP contribution >= 0.6 is 0 Å². The van der Waals surface area contributed by atoms with Crippen molar-refractivity contribution in [1.82, 2.24) is 10.6 Å². The predicted molar refractivity (Wildman–Crippen MR) is 119 cm³/mol. The average Bonchev–Trinajstić information content (AvgIpc) is 2.75. The first-order valence-electron chi connectivity index (χ1n) is 12.0. The highest BCUT2D eigenvalue weighted by Gasteiger charge is 2.61. The van der Waals surface area contributed by atoms with Crippen LogP contribution in [0.2, 0.25) is 0 Å². The highest BCUT2D eigenvalue weighted by molar-refractivity contribution is 5.83. The van der Waals surface area contributed by atoms with E-state index in [0.29, 0.717) is 44.4 Å². The summed E-state index contributed by atoms with van der Waals surface area (Å²) in [5.41, 5.74) is 0.173. The first-order valence-corrected chi connectivity index (χ1v) is 12.0. The molecule has 4 saturated carbocycles. The summed E-state index contributed by atoms with van der Waals surface area (Å²) in [5.74, 6) is 1.71. The Bertz CT molecular complexity index is 946. The zero-order valence-electron chi connectivity index (χ0n) is 19.1. The Morgan fingerprint density at radius 2 is 1.79 bits per heavy atom. The minimum atomic E-state index is -0.571. The lowest BCUT2D eigenvalue weighted by molar-refractivity contribution is -0.177. The van der Waals surface area contributed by atoms with Crippen molar-refractivity contribution in [1.29, 1.82) is 0 Å². The average molecular weight is 457 g/mol. The van der Waals surface area contributed by atoms with Crippen LogP contribution in [-0.2, 0) is 25.5 Å². The van der Waals surface area contributed by atoms with E-state index in [9.17, 15) is 14.4 Å². The van der Waals surface area contributed by atoms with Gasteiger partial charge in [0.1, 0.15) is 13.2 Å².